The highest BCUT2D eigenvalue weighted by atomic mass is 16.7. The first-order valence-corrected chi connectivity index (χ1v) is 12.5. The van der Waals surface area contributed by atoms with E-state index < -0.39 is 52.9 Å². The molecule has 0 bridgehead atoms. The first-order chi connectivity index (χ1) is 17.0. The van der Waals surface area contributed by atoms with Crippen molar-refractivity contribution < 1.29 is 34.1 Å². The minimum absolute atomic E-state index is 0.169. The molecule has 2 fully saturated rings. The lowest BCUT2D eigenvalue weighted by Gasteiger charge is -2.50. The lowest BCUT2D eigenvalue weighted by atomic mass is 9.57. The van der Waals surface area contributed by atoms with E-state index in [4.69, 9.17) is 9.47 Å². The van der Waals surface area contributed by atoms with Crippen molar-refractivity contribution in [3.05, 3.63) is 60.4 Å². The Morgan fingerprint density at radius 2 is 1.78 bits per heavy atom. The van der Waals surface area contributed by atoms with E-state index in [1.54, 1.807) is 19.1 Å². The van der Waals surface area contributed by atoms with Gasteiger partial charge in [-0.3, -0.25) is 9.59 Å². The average Bonchev–Trinajstić information content (AvgIpc) is 3.10. The second kappa shape index (κ2) is 9.82. The topological polar surface area (TPSA) is 122 Å². The number of ether oxygens (including phenoxy) is 2. The molecule has 9 unspecified atom stereocenters. The fourth-order valence-corrected chi connectivity index (χ4v) is 6.16. The molecule has 36 heavy (non-hydrogen) atoms. The lowest BCUT2D eigenvalue weighted by Crippen LogP contribution is -2.63. The number of benzene rings is 1. The molecule has 194 valence electrons. The summed E-state index contributed by atoms with van der Waals surface area (Å²) in [5.41, 5.74) is -2.51. The summed E-state index contributed by atoms with van der Waals surface area (Å²) < 4.78 is 11.0. The largest absolute Gasteiger partial charge is 0.514 e. The van der Waals surface area contributed by atoms with Crippen LogP contribution in [-0.4, -0.2) is 51.4 Å². The Bertz CT molecular complexity index is 1060. The van der Waals surface area contributed by atoms with E-state index in [0.717, 1.165) is 17.9 Å². The highest BCUT2D eigenvalue weighted by Crippen LogP contribution is 2.53. The molecule has 4 rings (SSSR count). The third kappa shape index (κ3) is 4.48. The molecule has 1 aliphatic carbocycles. The Morgan fingerprint density at radius 1 is 1.08 bits per heavy atom. The number of aliphatic hydroxyl groups excluding tert-OH is 1. The lowest BCUT2D eigenvalue weighted by molar-refractivity contribution is -0.176. The van der Waals surface area contributed by atoms with Crippen LogP contribution in [0.4, 0.5) is 4.79 Å². The second-order valence-electron chi connectivity index (χ2n) is 10.7. The van der Waals surface area contributed by atoms with Gasteiger partial charge in [0.1, 0.15) is 5.60 Å². The van der Waals surface area contributed by atoms with Crippen molar-refractivity contribution in [2.24, 2.45) is 29.6 Å². The Balaban J connectivity index is 1.79. The van der Waals surface area contributed by atoms with E-state index in [-0.39, 0.29) is 24.3 Å². The third-order valence-corrected chi connectivity index (χ3v) is 8.28. The number of aliphatic hydroxyl groups is 2. The molecule has 9 atom stereocenters. The smallest absolute Gasteiger partial charge is 0.416 e. The first kappa shape index (κ1) is 26.1. The summed E-state index contributed by atoms with van der Waals surface area (Å²) in [6.07, 6.45) is 4.11. The molecule has 1 aromatic rings. The molecule has 1 amide bonds. The van der Waals surface area contributed by atoms with Gasteiger partial charge in [0.05, 0.1) is 18.3 Å². The van der Waals surface area contributed by atoms with Crippen molar-refractivity contribution in [3.8, 4) is 0 Å². The highest BCUT2D eigenvalue weighted by Gasteiger charge is 2.68. The van der Waals surface area contributed by atoms with Crippen molar-refractivity contribution in [3.63, 3.8) is 0 Å². The number of nitrogens with one attached hydrogen (secondary N) is 1. The normalized spacial score (nSPS) is 41.1. The van der Waals surface area contributed by atoms with E-state index in [0.29, 0.717) is 6.42 Å². The van der Waals surface area contributed by atoms with Gasteiger partial charge in [0.15, 0.2) is 5.78 Å². The molecule has 8 heteroatoms. The summed E-state index contributed by atoms with van der Waals surface area (Å²) in [4.78, 5) is 39.3. The number of hydrogen-bond donors (Lipinski definition) is 3. The van der Waals surface area contributed by atoms with Crippen LogP contribution >= 0.6 is 0 Å². The number of Topliss-reactive ketones (excluding diaryl/α,β-unsaturated/α-hetero) is 1. The fraction of sp³-hybridized carbons (Fsp3) is 0.536. The quantitative estimate of drug-likeness (QED) is 0.424. The van der Waals surface area contributed by atoms with Crippen molar-refractivity contribution in [2.45, 2.75) is 63.9 Å². The van der Waals surface area contributed by atoms with Crippen LogP contribution < -0.4 is 5.32 Å². The minimum Gasteiger partial charge on any atom is -0.416 e. The zero-order valence-corrected chi connectivity index (χ0v) is 21.1. The Kier molecular flexibility index (Phi) is 7.12. The standard InChI is InChI=1S/C28H35NO7/c1-16-9-8-12-20-23(30)18(3)17(2)22-21(15-19-10-6-5-7-11-19)29-25(32)28(20,22)36-26(33)35-14-13-27(4,34)24(16)31/h5-8,10-14,16-18,20-23,30,34H,9,15H2,1-4H3,(H,29,32). The van der Waals surface area contributed by atoms with Gasteiger partial charge in [-0.15, -0.1) is 0 Å². The maximum atomic E-state index is 13.7. The molecule has 2 aliphatic heterocycles. The number of carbonyl (C=O) groups excluding carboxylic acids is 3. The van der Waals surface area contributed by atoms with Crippen LogP contribution in [0.5, 0.6) is 0 Å². The second-order valence-corrected chi connectivity index (χ2v) is 10.7. The third-order valence-electron chi connectivity index (χ3n) is 8.28. The number of allylic oxidation sites excluding steroid dienone is 1. The van der Waals surface area contributed by atoms with E-state index in [1.165, 1.54) is 6.92 Å². The zero-order chi connectivity index (χ0) is 26.3. The molecule has 1 aromatic carbocycles. The van der Waals surface area contributed by atoms with E-state index in [2.05, 4.69) is 5.32 Å². The summed E-state index contributed by atoms with van der Waals surface area (Å²) in [7, 11) is 0. The average molecular weight is 498 g/mol. The molecule has 2 heterocycles. The number of rotatable bonds is 2. The van der Waals surface area contributed by atoms with Gasteiger partial charge in [0, 0.05) is 17.9 Å². The molecule has 3 N–H and O–H groups in total. The SMILES string of the molecule is CC1CC=CC2C(O)C(C)C(C)C3C(Cc4ccccc4)NC(=O)C23OC(=O)OC=CC(C)(O)C1=O. The van der Waals surface area contributed by atoms with Crippen molar-refractivity contribution in [1.82, 2.24) is 5.32 Å². The van der Waals surface area contributed by atoms with Gasteiger partial charge in [-0.25, -0.2) is 4.79 Å². The van der Waals surface area contributed by atoms with Crippen LogP contribution in [0.25, 0.3) is 0 Å². The van der Waals surface area contributed by atoms with Gasteiger partial charge in [-0.1, -0.05) is 63.3 Å². The van der Waals surface area contributed by atoms with E-state index in [1.807, 2.05) is 44.2 Å². The highest BCUT2D eigenvalue weighted by molar-refractivity contribution is 5.92. The van der Waals surface area contributed by atoms with Crippen molar-refractivity contribution >= 4 is 17.8 Å². The zero-order valence-electron chi connectivity index (χ0n) is 21.1. The van der Waals surface area contributed by atoms with E-state index >= 15 is 0 Å². The summed E-state index contributed by atoms with van der Waals surface area (Å²) in [5, 5.41) is 24.9. The van der Waals surface area contributed by atoms with Gasteiger partial charge >= 0.3 is 6.16 Å². The number of ketones is 1. The van der Waals surface area contributed by atoms with Crippen LogP contribution in [0.2, 0.25) is 0 Å². The summed E-state index contributed by atoms with van der Waals surface area (Å²) in [6.45, 7) is 6.91. The van der Waals surface area contributed by atoms with Gasteiger partial charge in [0.25, 0.3) is 5.91 Å². The number of carbonyl (C=O) groups is 3. The molecule has 1 saturated heterocycles. The monoisotopic (exact) mass is 497 g/mol. The summed E-state index contributed by atoms with van der Waals surface area (Å²) in [5.74, 6) is -3.13. The maximum Gasteiger partial charge on any atom is 0.514 e. The molecule has 8 nitrogen and oxygen atoms in total. The molecule has 1 spiro atoms. The van der Waals surface area contributed by atoms with Crippen molar-refractivity contribution in [1.29, 1.82) is 0 Å². The van der Waals surface area contributed by atoms with Crippen LogP contribution in [0.15, 0.2) is 54.8 Å². The Morgan fingerprint density at radius 3 is 2.47 bits per heavy atom. The van der Waals surface area contributed by atoms with Crippen LogP contribution in [0, 0.1) is 29.6 Å². The number of amides is 1. The summed E-state index contributed by atoms with van der Waals surface area (Å²) in [6, 6.07) is 9.41. The van der Waals surface area contributed by atoms with Gasteiger partial charge < -0.3 is 25.0 Å². The first-order valence-electron chi connectivity index (χ1n) is 12.5. The Hall–Kier alpha value is -2.97. The van der Waals surface area contributed by atoms with Crippen LogP contribution in [0.3, 0.4) is 0 Å². The predicted molar refractivity (Wildman–Crippen MR) is 131 cm³/mol. The van der Waals surface area contributed by atoms with Gasteiger partial charge in [-0.2, -0.15) is 0 Å². The van der Waals surface area contributed by atoms with Crippen LogP contribution in [-0.2, 0) is 25.5 Å². The van der Waals surface area contributed by atoms with Crippen LogP contribution in [0.1, 0.15) is 39.7 Å². The van der Waals surface area contributed by atoms with Gasteiger partial charge in [0.2, 0.25) is 5.60 Å². The van der Waals surface area contributed by atoms with E-state index in [9.17, 15) is 24.6 Å². The molecule has 3 aliphatic rings. The maximum absolute atomic E-state index is 13.7. The number of cyclic esters (lactones) is 1. The molecular formula is C28H35NO7. The fourth-order valence-electron chi connectivity index (χ4n) is 6.16. The molecule has 0 aromatic heterocycles. The molecular weight excluding hydrogens is 462 g/mol. The van der Waals surface area contributed by atoms with Gasteiger partial charge in [-0.05, 0) is 43.2 Å². The molecule has 1 saturated carbocycles. The summed E-state index contributed by atoms with van der Waals surface area (Å²) >= 11 is 0. The Labute approximate surface area is 211 Å². The number of hydrogen-bond acceptors (Lipinski definition) is 7. The van der Waals surface area contributed by atoms with Crippen molar-refractivity contribution in [2.75, 3.05) is 0 Å². The predicted octanol–water partition coefficient (Wildman–Crippen LogP) is 2.93. The minimum atomic E-state index is -1.84. The molecule has 0 radical (unpaired) electrons.